The van der Waals surface area contributed by atoms with Gasteiger partial charge in [0.1, 0.15) is 0 Å². The van der Waals surface area contributed by atoms with Crippen molar-refractivity contribution in [2.45, 2.75) is 20.3 Å². The summed E-state index contributed by atoms with van der Waals surface area (Å²) in [5.74, 6) is -1.20. The first-order chi connectivity index (χ1) is 6.45. The molecular formula is C10H15NO3. The number of aliphatic carboxylic acids is 1. The first-order valence-electron chi connectivity index (χ1n) is 4.29. The minimum atomic E-state index is -1.06. The molecule has 0 aliphatic carbocycles. The Bertz CT molecular complexity index is 269. The zero-order valence-electron chi connectivity index (χ0n) is 8.41. The highest BCUT2D eigenvalue weighted by molar-refractivity contribution is 5.83. The third-order valence-electron chi connectivity index (χ3n) is 1.58. The molecule has 0 aromatic heterocycles. The molecule has 0 heterocycles. The smallest absolute Gasteiger partial charge is 0.330 e. The van der Waals surface area contributed by atoms with E-state index in [1.54, 1.807) is 6.08 Å². The Morgan fingerprint density at radius 2 is 2.14 bits per heavy atom. The van der Waals surface area contributed by atoms with E-state index in [-0.39, 0.29) is 11.8 Å². The second-order valence-corrected chi connectivity index (χ2v) is 3.11. The van der Waals surface area contributed by atoms with Crippen LogP contribution < -0.4 is 5.32 Å². The maximum Gasteiger partial charge on any atom is 0.330 e. The summed E-state index contributed by atoms with van der Waals surface area (Å²) in [5.41, 5.74) is 0.400. The SMILES string of the molecule is C=C[C@@H](C)CC(=CC(=O)O)NC(C)=O. The lowest BCUT2D eigenvalue weighted by Gasteiger charge is -2.10. The molecule has 0 aliphatic heterocycles. The number of carbonyl (C=O) groups is 2. The molecule has 0 aromatic carbocycles. The van der Waals surface area contributed by atoms with E-state index in [9.17, 15) is 9.59 Å². The van der Waals surface area contributed by atoms with Crippen molar-refractivity contribution in [1.82, 2.24) is 5.32 Å². The molecule has 0 aromatic rings. The van der Waals surface area contributed by atoms with Crippen LogP contribution in [0.3, 0.4) is 0 Å². The Kier molecular flexibility index (Phi) is 5.29. The topological polar surface area (TPSA) is 66.4 Å². The van der Waals surface area contributed by atoms with Gasteiger partial charge < -0.3 is 10.4 Å². The molecular weight excluding hydrogens is 182 g/mol. The first-order valence-corrected chi connectivity index (χ1v) is 4.29. The van der Waals surface area contributed by atoms with Gasteiger partial charge in [-0.2, -0.15) is 0 Å². The average molecular weight is 197 g/mol. The van der Waals surface area contributed by atoms with Crippen LogP contribution in [0.2, 0.25) is 0 Å². The summed E-state index contributed by atoms with van der Waals surface area (Å²) in [7, 11) is 0. The summed E-state index contributed by atoms with van der Waals surface area (Å²) in [6, 6.07) is 0. The number of carbonyl (C=O) groups excluding carboxylic acids is 1. The maximum atomic E-state index is 10.7. The molecule has 0 spiro atoms. The number of allylic oxidation sites excluding steroid dienone is 2. The monoisotopic (exact) mass is 197 g/mol. The molecule has 4 heteroatoms. The van der Waals surface area contributed by atoms with E-state index in [1.807, 2.05) is 6.92 Å². The average Bonchev–Trinajstić information content (AvgIpc) is 2.01. The summed E-state index contributed by atoms with van der Waals surface area (Å²) < 4.78 is 0. The van der Waals surface area contributed by atoms with E-state index in [0.717, 1.165) is 6.08 Å². The lowest BCUT2D eigenvalue weighted by Crippen LogP contribution is -2.21. The number of hydrogen-bond donors (Lipinski definition) is 2. The van der Waals surface area contributed by atoms with Crippen molar-refractivity contribution in [3.63, 3.8) is 0 Å². The Labute approximate surface area is 83.3 Å². The molecule has 14 heavy (non-hydrogen) atoms. The largest absolute Gasteiger partial charge is 0.478 e. The first kappa shape index (κ1) is 12.4. The standard InChI is InChI=1S/C10H15NO3/c1-4-7(2)5-9(6-10(13)14)11-8(3)12/h4,6-7H,1,5H2,2-3H3,(H,11,12)(H,13,14)/t7-/m1/s1. The maximum absolute atomic E-state index is 10.7. The molecule has 0 unspecified atom stereocenters. The van der Waals surface area contributed by atoms with Gasteiger partial charge in [0.15, 0.2) is 0 Å². The highest BCUT2D eigenvalue weighted by Crippen LogP contribution is 2.09. The molecule has 1 amide bonds. The highest BCUT2D eigenvalue weighted by Gasteiger charge is 2.06. The van der Waals surface area contributed by atoms with Crippen molar-refractivity contribution < 1.29 is 14.7 Å². The minimum absolute atomic E-state index is 0.132. The van der Waals surface area contributed by atoms with Gasteiger partial charge in [-0.1, -0.05) is 13.0 Å². The molecule has 2 N–H and O–H groups in total. The normalized spacial score (nSPS) is 13.1. The van der Waals surface area contributed by atoms with Crippen LogP contribution in [0.5, 0.6) is 0 Å². The summed E-state index contributed by atoms with van der Waals surface area (Å²) in [6.07, 6.45) is 3.17. The fourth-order valence-corrected chi connectivity index (χ4v) is 0.951. The highest BCUT2D eigenvalue weighted by atomic mass is 16.4. The molecule has 0 saturated carbocycles. The number of nitrogens with one attached hydrogen (secondary N) is 1. The van der Waals surface area contributed by atoms with Gasteiger partial charge in [0.2, 0.25) is 5.91 Å². The van der Waals surface area contributed by atoms with E-state index in [1.165, 1.54) is 6.92 Å². The van der Waals surface area contributed by atoms with Crippen LogP contribution in [0.25, 0.3) is 0 Å². The molecule has 1 atom stereocenters. The quantitative estimate of drug-likeness (QED) is 0.515. The molecule has 78 valence electrons. The van der Waals surface area contributed by atoms with Crippen LogP contribution in [0.4, 0.5) is 0 Å². The summed E-state index contributed by atoms with van der Waals surface area (Å²) in [4.78, 5) is 21.1. The zero-order valence-corrected chi connectivity index (χ0v) is 8.41. The molecule has 0 saturated heterocycles. The lowest BCUT2D eigenvalue weighted by molar-refractivity contribution is -0.131. The second kappa shape index (κ2) is 5.96. The van der Waals surface area contributed by atoms with E-state index in [2.05, 4.69) is 11.9 Å². The van der Waals surface area contributed by atoms with Gasteiger partial charge in [-0.25, -0.2) is 4.79 Å². The Morgan fingerprint density at radius 1 is 1.57 bits per heavy atom. The van der Waals surface area contributed by atoms with Crippen molar-refractivity contribution in [2.24, 2.45) is 5.92 Å². The third kappa shape index (κ3) is 5.99. The van der Waals surface area contributed by atoms with Crippen molar-refractivity contribution >= 4 is 11.9 Å². The van der Waals surface area contributed by atoms with Crippen LogP contribution >= 0.6 is 0 Å². The van der Waals surface area contributed by atoms with Gasteiger partial charge in [-0.05, 0) is 12.3 Å². The van der Waals surface area contributed by atoms with Crippen LogP contribution in [-0.2, 0) is 9.59 Å². The molecule has 0 aliphatic rings. The number of carboxylic acids is 1. The predicted octanol–water partition coefficient (Wildman–Crippen LogP) is 1.30. The van der Waals surface area contributed by atoms with Crippen molar-refractivity contribution in [1.29, 1.82) is 0 Å². The van der Waals surface area contributed by atoms with Crippen LogP contribution in [-0.4, -0.2) is 17.0 Å². The van der Waals surface area contributed by atoms with Crippen molar-refractivity contribution in [3.8, 4) is 0 Å². The van der Waals surface area contributed by atoms with Gasteiger partial charge in [0.05, 0.1) is 0 Å². The van der Waals surface area contributed by atoms with E-state index in [4.69, 9.17) is 5.11 Å². The third-order valence-corrected chi connectivity index (χ3v) is 1.58. The number of hydrogen-bond acceptors (Lipinski definition) is 2. The lowest BCUT2D eigenvalue weighted by atomic mass is 10.1. The fourth-order valence-electron chi connectivity index (χ4n) is 0.951. The van der Waals surface area contributed by atoms with Gasteiger partial charge >= 0.3 is 5.97 Å². The molecule has 0 fully saturated rings. The van der Waals surface area contributed by atoms with Crippen LogP contribution in [0, 0.1) is 5.92 Å². The fraction of sp³-hybridized carbons (Fsp3) is 0.400. The number of carboxylic acid groups (broad SMARTS) is 1. The van der Waals surface area contributed by atoms with Crippen LogP contribution in [0.15, 0.2) is 24.4 Å². The van der Waals surface area contributed by atoms with Crippen molar-refractivity contribution in [3.05, 3.63) is 24.4 Å². The minimum Gasteiger partial charge on any atom is -0.478 e. The Morgan fingerprint density at radius 3 is 2.50 bits per heavy atom. The van der Waals surface area contributed by atoms with E-state index in [0.29, 0.717) is 12.1 Å². The number of rotatable bonds is 5. The van der Waals surface area contributed by atoms with E-state index < -0.39 is 5.97 Å². The van der Waals surface area contributed by atoms with Gasteiger partial charge in [0, 0.05) is 18.7 Å². The van der Waals surface area contributed by atoms with Gasteiger partial charge in [-0.15, -0.1) is 6.58 Å². The summed E-state index contributed by atoms with van der Waals surface area (Å²) in [5, 5.41) is 11.0. The van der Waals surface area contributed by atoms with Crippen LogP contribution in [0.1, 0.15) is 20.3 Å². The predicted molar refractivity (Wildman–Crippen MR) is 53.5 cm³/mol. The zero-order chi connectivity index (χ0) is 11.1. The summed E-state index contributed by atoms with van der Waals surface area (Å²) in [6.45, 7) is 6.82. The van der Waals surface area contributed by atoms with Crippen molar-refractivity contribution in [2.75, 3.05) is 0 Å². The van der Waals surface area contributed by atoms with E-state index >= 15 is 0 Å². The Hall–Kier alpha value is -1.58. The van der Waals surface area contributed by atoms with Gasteiger partial charge in [0.25, 0.3) is 0 Å². The summed E-state index contributed by atoms with van der Waals surface area (Å²) >= 11 is 0. The molecule has 0 bridgehead atoms. The number of amides is 1. The molecule has 0 radical (unpaired) electrons. The second-order valence-electron chi connectivity index (χ2n) is 3.11. The molecule has 4 nitrogen and oxygen atoms in total. The molecule has 0 rings (SSSR count). The Balaban J connectivity index is 4.47. The van der Waals surface area contributed by atoms with Gasteiger partial charge in [-0.3, -0.25) is 4.79 Å².